The van der Waals surface area contributed by atoms with E-state index in [1.165, 1.54) is 232 Å². The SMILES string of the molecule is CCCCCCCCCCCCCCCCCC(=O)OC(CCCCCCCCCCCCCCCCC)C(CCCCCCCCCCCCCCCC)C(=O)N[C@@H](C)C(=O)ON1C(=O)CCC1=O. The predicted octanol–water partition coefficient (Wildman–Crippen LogP) is 18.0. The molecule has 1 saturated heterocycles. The summed E-state index contributed by atoms with van der Waals surface area (Å²) >= 11 is 0. The Balaban J connectivity index is 2.78. The quantitative estimate of drug-likeness (QED) is 0.0366. The first-order chi connectivity index (χ1) is 34.2. The lowest BCUT2D eigenvalue weighted by Gasteiger charge is -2.28. The second-order valence-corrected chi connectivity index (χ2v) is 21.7. The van der Waals surface area contributed by atoms with Crippen molar-refractivity contribution in [2.24, 2.45) is 5.92 Å². The zero-order valence-electron chi connectivity index (χ0n) is 46.7. The minimum absolute atomic E-state index is 0.000121. The molecule has 410 valence electrons. The third-order valence-electron chi connectivity index (χ3n) is 14.9. The van der Waals surface area contributed by atoms with Crippen LogP contribution >= 0.6 is 0 Å². The molecule has 0 aromatic carbocycles. The number of imide groups is 1. The van der Waals surface area contributed by atoms with Gasteiger partial charge in [0, 0.05) is 19.3 Å². The minimum Gasteiger partial charge on any atom is -0.462 e. The molecule has 3 amide bonds. The average Bonchev–Trinajstić information content (AvgIpc) is 3.66. The molecule has 1 fully saturated rings. The number of rotatable bonds is 53. The summed E-state index contributed by atoms with van der Waals surface area (Å²) in [5, 5.41) is 3.36. The number of carbonyl (C=O) groups is 5. The van der Waals surface area contributed by atoms with Crippen molar-refractivity contribution in [3.05, 3.63) is 0 Å². The molecule has 70 heavy (non-hydrogen) atoms. The average molecular weight is 988 g/mol. The largest absolute Gasteiger partial charge is 0.462 e. The van der Waals surface area contributed by atoms with E-state index in [1.54, 1.807) is 0 Å². The molecule has 1 heterocycles. The van der Waals surface area contributed by atoms with Crippen LogP contribution < -0.4 is 5.32 Å². The molecule has 0 spiro atoms. The molecule has 1 aliphatic heterocycles. The number of nitrogens with one attached hydrogen (secondary N) is 1. The number of hydrogen-bond acceptors (Lipinski definition) is 7. The van der Waals surface area contributed by atoms with Crippen molar-refractivity contribution in [3.8, 4) is 0 Å². The monoisotopic (exact) mass is 987 g/mol. The zero-order chi connectivity index (χ0) is 51.0. The van der Waals surface area contributed by atoms with Crippen molar-refractivity contribution in [3.63, 3.8) is 0 Å². The molecule has 2 unspecified atom stereocenters. The van der Waals surface area contributed by atoms with Gasteiger partial charge in [-0.2, -0.15) is 0 Å². The van der Waals surface area contributed by atoms with Crippen LogP contribution in [-0.4, -0.2) is 46.9 Å². The van der Waals surface area contributed by atoms with E-state index in [2.05, 4.69) is 26.1 Å². The van der Waals surface area contributed by atoms with Gasteiger partial charge in [-0.3, -0.25) is 19.2 Å². The third kappa shape index (κ3) is 38.2. The van der Waals surface area contributed by atoms with Crippen LogP contribution in [0.4, 0.5) is 0 Å². The van der Waals surface area contributed by atoms with Crippen LogP contribution in [0.3, 0.4) is 0 Å². The number of carbonyl (C=O) groups excluding carboxylic acids is 5. The minimum atomic E-state index is -1.09. The van der Waals surface area contributed by atoms with Crippen LogP contribution in [0, 0.1) is 5.92 Å². The van der Waals surface area contributed by atoms with Gasteiger partial charge in [-0.05, 0) is 32.6 Å². The molecule has 1 rings (SSSR count). The third-order valence-corrected chi connectivity index (χ3v) is 14.9. The van der Waals surface area contributed by atoms with E-state index in [4.69, 9.17) is 9.57 Å². The van der Waals surface area contributed by atoms with Crippen LogP contribution in [0.1, 0.15) is 342 Å². The lowest BCUT2D eigenvalue weighted by atomic mass is 9.90. The van der Waals surface area contributed by atoms with Gasteiger partial charge >= 0.3 is 11.9 Å². The van der Waals surface area contributed by atoms with E-state index in [0.717, 1.165) is 57.8 Å². The Bertz CT molecular complexity index is 1240. The van der Waals surface area contributed by atoms with Gasteiger partial charge in [0.15, 0.2) is 0 Å². The first-order valence-corrected chi connectivity index (χ1v) is 30.8. The molecule has 0 radical (unpaired) electrons. The second kappa shape index (κ2) is 48.8. The predicted molar refractivity (Wildman–Crippen MR) is 292 cm³/mol. The van der Waals surface area contributed by atoms with Crippen LogP contribution in [0.5, 0.6) is 0 Å². The van der Waals surface area contributed by atoms with E-state index in [1.807, 2.05) is 0 Å². The summed E-state index contributed by atoms with van der Waals surface area (Å²) in [7, 11) is 0. The molecule has 0 aliphatic carbocycles. The number of nitrogens with zero attached hydrogens (tertiary/aromatic N) is 1. The number of unbranched alkanes of at least 4 members (excludes halogenated alkanes) is 41. The summed E-state index contributed by atoms with van der Waals surface area (Å²) in [5.74, 6) is -3.17. The van der Waals surface area contributed by atoms with E-state index < -0.39 is 35.8 Å². The van der Waals surface area contributed by atoms with E-state index in [-0.39, 0.29) is 24.7 Å². The Morgan fingerprint density at radius 2 is 0.714 bits per heavy atom. The van der Waals surface area contributed by atoms with Gasteiger partial charge in [-0.25, -0.2) is 4.79 Å². The number of amides is 3. The first-order valence-electron chi connectivity index (χ1n) is 30.8. The maximum absolute atomic E-state index is 14.2. The Labute approximate surface area is 432 Å². The smallest absolute Gasteiger partial charge is 0.354 e. The molecule has 0 bridgehead atoms. The van der Waals surface area contributed by atoms with Gasteiger partial charge in [0.25, 0.3) is 11.8 Å². The number of esters is 1. The van der Waals surface area contributed by atoms with Gasteiger partial charge in [-0.1, -0.05) is 290 Å². The highest BCUT2D eigenvalue weighted by Gasteiger charge is 2.36. The van der Waals surface area contributed by atoms with Gasteiger partial charge in [0.2, 0.25) is 5.91 Å². The molecule has 9 nitrogen and oxygen atoms in total. The number of hydroxylamine groups is 2. The molecule has 0 aromatic heterocycles. The molecule has 0 saturated carbocycles. The van der Waals surface area contributed by atoms with Gasteiger partial charge < -0.3 is 14.9 Å². The molecular formula is C61H114N2O7. The van der Waals surface area contributed by atoms with E-state index >= 15 is 0 Å². The number of hydrogen-bond donors (Lipinski definition) is 1. The molecule has 1 aliphatic rings. The summed E-state index contributed by atoms with van der Waals surface area (Å²) < 4.78 is 6.31. The number of ether oxygens (including phenoxy) is 1. The molecule has 0 aromatic rings. The van der Waals surface area contributed by atoms with Crippen molar-refractivity contribution >= 4 is 29.7 Å². The summed E-state index contributed by atoms with van der Waals surface area (Å²) in [4.78, 5) is 70.4. The Morgan fingerprint density at radius 3 is 1.04 bits per heavy atom. The van der Waals surface area contributed by atoms with Crippen molar-refractivity contribution in [1.82, 2.24) is 10.4 Å². The van der Waals surface area contributed by atoms with Crippen molar-refractivity contribution < 1.29 is 33.5 Å². The van der Waals surface area contributed by atoms with E-state index in [0.29, 0.717) is 24.3 Å². The van der Waals surface area contributed by atoms with Crippen LogP contribution in [0.15, 0.2) is 0 Å². The fourth-order valence-corrected chi connectivity index (χ4v) is 10.2. The van der Waals surface area contributed by atoms with E-state index in [9.17, 15) is 24.0 Å². The fourth-order valence-electron chi connectivity index (χ4n) is 10.2. The lowest BCUT2D eigenvalue weighted by Crippen LogP contribution is -2.48. The molecule has 1 N–H and O–H groups in total. The Morgan fingerprint density at radius 1 is 0.429 bits per heavy atom. The summed E-state index contributed by atoms with van der Waals surface area (Å²) in [5.41, 5.74) is 0. The van der Waals surface area contributed by atoms with Crippen LogP contribution in [-0.2, 0) is 33.5 Å². The highest BCUT2D eigenvalue weighted by Crippen LogP contribution is 2.26. The van der Waals surface area contributed by atoms with Crippen LogP contribution in [0.25, 0.3) is 0 Å². The lowest BCUT2D eigenvalue weighted by molar-refractivity contribution is -0.198. The summed E-state index contributed by atoms with van der Waals surface area (Å²) in [6.45, 7) is 8.33. The maximum atomic E-state index is 14.2. The van der Waals surface area contributed by atoms with Gasteiger partial charge in [0.05, 0.1) is 5.92 Å². The normalized spacial score (nSPS) is 14.0. The molecular weight excluding hydrogens is 873 g/mol. The highest BCUT2D eigenvalue weighted by molar-refractivity contribution is 6.02. The van der Waals surface area contributed by atoms with Crippen LogP contribution in [0.2, 0.25) is 0 Å². The van der Waals surface area contributed by atoms with Gasteiger partial charge in [-0.15, -0.1) is 5.06 Å². The zero-order valence-corrected chi connectivity index (χ0v) is 46.7. The molecule has 3 atom stereocenters. The summed E-state index contributed by atoms with van der Waals surface area (Å²) in [6, 6.07) is -1.09. The van der Waals surface area contributed by atoms with Crippen molar-refractivity contribution in [2.75, 3.05) is 0 Å². The standard InChI is InChI=1S/C61H114N2O7/c1-5-8-11-14-17-20-23-26-29-32-35-38-41-44-47-50-56(69-59(66)51-48-45-42-39-36-33-30-27-24-21-18-15-12-9-6-2)55(49-46-43-40-37-34-31-28-25-22-19-16-13-10-7-3)60(67)62-54(4)61(68)70-63-57(64)52-53-58(63)65/h54-56H,5-53H2,1-4H3,(H,62,67)/t54-,55?,56?/m0/s1. The fraction of sp³-hybridized carbons (Fsp3) is 0.918. The van der Waals surface area contributed by atoms with Crippen molar-refractivity contribution in [1.29, 1.82) is 0 Å². The topological polar surface area (TPSA) is 119 Å². The molecule has 9 heteroatoms. The Kier molecular flexibility index (Phi) is 45.7. The highest BCUT2D eigenvalue weighted by atomic mass is 16.7. The van der Waals surface area contributed by atoms with Gasteiger partial charge in [0.1, 0.15) is 12.1 Å². The first kappa shape index (κ1) is 65.6. The maximum Gasteiger partial charge on any atom is 0.354 e. The van der Waals surface area contributed by atoms with Crippen molar-refractivity contribution in [2.45, 2.75) is 354 Å². The second-order valence-electron chi connectivity index (χ2n) is 21.7. The Hall–Kier alpha value is -2.45. The summed E-state index contributed by atoms with van der Waals surface area (Å²) in [6.07, 6.45) is 56.2.